The first-order valence-electron chi connectivity index (χ1n) is 8.51. The van der Waals surface area contributed by atoms with Gasteiger partial charge in [-0.05, 0) is 88.1 Å². The summed E-state index contributed by atoms with van der Waals surface area (Å²) >= 11 is 0. The number of hydrogen-bond acceptors (Lipinski definition) is 4. The summed E-state index contributed by atoms with van der Waals surface area (Å²) in [6.07, 6.45) is 3.22. The van der Waals surface area contributed by atoms with Crippen molar-refractivity contribution in [2.24, 2.45) is 4.99 Å². The van der Waals surface area contributed by atoms with Gasteiger partial charge in [0.05, 0.1) is 11.4 Å². The Morgan fingerprint density at radius 3 is 2.42 bits per heavy atom. The largest absolute Gasteiger partial charge is 0.444 e. The van der Waals surface area contributed by atoms with Crippen LogP contribution in [0.2, 0.25) is 0 Å². The summed E-state index contributed by atoms with van der Waals surface area (Å²) in [4.78, 5) is 16.7. The molecule has 0 radical (unpaired) electrons. The first-order valence-corrected chi connectivity index (χ1v) is 8.51. The van der Waals surface area contributed by atoms with E-state index in [0.717, 1.165) is 39.4 Å². The van der Waals surface area contributed by atoms with Crippen molar-refractivity contribution in [3.8, 4) is 0 Å². The Morgan fingerprint density at radius 2 is 1.81 bits per heavy atom. The van der Waals surface area contributed by atoms with Crippen molar-refractivity contribution in [1.29, 1.82) is 0 Å². The number of amides is 1. The minimum Gasteiger partial charge on any atom is -0.444 e. The van der Waals surface area contributed by atoms with Crippen LogP contribution in [0, 0.1) is 13.8 Å². The Labute approximate surface area is 155 Å². The number of rotatable bonds is 2. The molecular formula is C21H27N3O2. The zero-order valence-corrected chi connectivity index (χ0v) is 16.4. The SMILES string of the molecule is C=C1C=C(NC(=O)OC(C)(C)C)C(C)=CC1=Nc1cc(C)c(N)cc1C. The van der Waals surface area contributed by atoms with Crippen LogP contribution in [0.3, 0.4) is 0 Å². The lowest BCUT2D eigenvalue weighted by Crippen LogP contribution is -2.33. The summed E-state index contributed by atoms with van der Waals surface area (Å²) in [5.74, 6) is 0. The van der Waals surface area contributed by atoms with E-state index in [4.69, 9.17) is 15.5 Å². The fraction of sp³-hybridized carbons (Fsp3) is 0.333. The second-order valence-corrected chi connectivity index (χ2v) is 7.53. The third-order valence-electron chi connectivity index (χ3n) is 3.89. The molecule has 1 aromatic carbocycles. The minimum absolute atomic E-state index is 0.491. The van der Waals surface area contributed by atoms with E-state index in [-0.39, 0.29) is 0 Å². The molecule has 5 heteroatoms. The first-order chi connectivity index (χ1) is 12.0. The smallest absolute Gasteiger partial charge is 0.412 e. The van der Waals surface area contributed by atoms with Gasteiger partial charge in [-0.25, -0.2) is 9.79 Å². The normalized spacial score (nSPS) is 16.2. The minimum atomic E-state index is -0.550. The van der Waals surface area contributed by atoms with E-state index in [1.54, 1.807) is 6.08 Å². The lowest BCUT2D eigenvalue weighted by molar-refractivity contribution is 0.0547. The first kappa shape index (κ1) is 19.5. The molecule has 0 spiro atoms. The van der Waals surface area contributed by atoms with E-state index in [0.29, 0.717) is 5.70 Å². The quantitative estimate of drug-likeness (QED) is 0.744. The van der Waals surface area contributed by atoms with Crippen molar-refractivity contribution in [1.82, 2.24) is 5.32 Å². The lowest BCUT2D eigenvalue weighted by atomic mass is 9.99. The van der Waals surface area contributed by atoms with Gasteiger partial charge in [0, 0.05) is 11.4 Å². The predicted molar refractivity (Wildman–Crippen MR) is 108 cm³/mol. The molecule has 0 atom stereocenters. The fourth-order valence-corrected chi connectivity index (χ4v) is 2.46. The predicted octanol–water partition coefficient (Wildman–Crippen LogP) is 4.88. The Kier molecular flexibility index (Phi) is 5.40. The van der Waals surface area contributed by atoms with E-state index in [1.165, 1.54) is 0 Å². The van der Waals surface area contributed by atoms with E-state index < -0.39 is 11.7 Å². The number of nitrogen functional groups attached to an aromatic ring is 1. The van der Waals surface area contributed by atoms with Gasteiger partial charge in [0.1, 0.15) is 5.60 Å². The molecule has 2 rings (SSSR count). The molecule has 1 aliphatic carbocycles. The molecule has 1 aliphatic rings. The van der Waals surface area contributed by atoms with E-state index >= 15 is 0 Å². The maximum Gasteiger partial charge on any atom is 0.412 e. The lowest BCUT2D eigenvalue weighted by Gasteiger charge is -2.22. The highest BCUT2D eigenvalue weighted by Gasteiger charge is 2.19. The van der Waals surface area contributed by atoms with Crippen LogP contribution in [0.4, 0.5) is 16.2 Å². The number of benzene rings is 1. The Bertz CT molecular complexity index is 853. The molecule has 0 saturated carbocycles. The van der Waals surface area contributed by atoms with Crippen molar-refractivity contribution in [3.63, 3.8) is 0 Å². The summed E-state index contributed by atoms with van der Waals surface area (Å²) in [7, 11) is 0. The molecule has 1 amide bonds. The van der Waals surface area contributed by atoms with Gasteiger partial charge in [-0.1, -0.05) is 6.58 Å². The van der Waals surface area contributed by atoms with Gasteiger partial charge in [-0.2, -0.15) is 0 Å². The van der Waals surface area contributed by atoms with Gasteiger partial charge in [0.15, 0.2) is 0 Å². The number of nitrogens with one attached hydrogen (secondary N) is 1. The number of anilines is 1. The standard InChI is InChI=1S/C21H27N3O2/c1-12-9-17(13(2)8-16(12)22)23-18-10-15(4)19(11-14(18)3)24-20(25)26-21(5,6)7/h8-11H,3,22H2,1-2,4-7H3,(H,24,25). The number of carbonyl (C=O) groups excluding carboxylic acids is 1. The molecule has 0 heterocycles. The van der Waals surface area contributed by atoms with Crippen molar-refractivity contribution in [2.75, 3.05) is 5.73 Å². The Morgan fingerprint density at radius 1 is 1.15 bits per heavy atom. The molecule has 138 valence electrons. The van der Waals surface area contributed by atoms with Gasteiger partial charge in [0.2, 0.25) is 0 Å². The second-order valence-electron chi connectivity index (χ2n) is 7.53. The van der Waals surface area contributed by atoms with E-state index in [9.17, 15) is 4.79 Å². The molecule has 5 nitrogen and oxygen atoms in total. The summed E-state index contributed by atoms with van der Waals surface area (Å²) in [6, 6.07) is 3.88. The monoisotopic (exact) mass is 353 g/mol. The van der Waals surface area contributed by atoms with Gasteiger partial charge in [-0.3, -0.25) is 5.32 Å². The third-order valence-corrected chi connectivity index (χ3v) is 3.89. The van der Waals surface area contributed by atoms with Crippen LogP contribution in [0.15, 0.2) is 52.7 Å². The Balaban J connectivity index is 2.25. The molecule has 3 N–H and O–H groups in total. The van der Waals surface area contributed by atoms with Gasteiger partial charge >= 0.3 is 6.09 Å². The molecule has 1 aromatic rings. The number of ether oxygens (including phenoxy) is 1. The maximum atomic E-state index is 12.0. The zero-order valence-electron chi connectivity index (χ0n) is 16.4. The Hall–Kier alpha value is -2.82. The van der Waals surface area contributed by atoms with Crippen molar-refractivity contribution >= 4 is 23.2 Å². The molecule has 0 bridgehead atoms. The van der Waals surface area contributed by atoms with Crippen molar-refractivity contribution < 1.29 is 9.53 Å². The van der Waals surface area contributed by atoms with E-state index in [1.807, 2.05) is 59.8 Å². The van der Waals surface area contributed by atoms with Gasteiger partial charge < -0.3 is 10.5 Å². The fourth-order valence-electron chi connectivity index (χ4n) is 2.46. The zero-order chi connectivity index (χ0) is 19.6. The van der Waals surface area contributed by atoms with Crippen LogP contribution < -0.4 is 11.1 Å². The average Bonchev–Trinajstić information content (AvgIpc) is 2.47. The van der Waals surface area contributed by atoms with Crippen molar-refractivity contribution in [2.45, 2.75) is 47.1 Å². The highest BCUT2D eigenvalue weighted by atomic mass is 16.6. The van der Waals surface area contributed by atoms with Crippen LogP contribution in [0.5, 0.6) is 0 Å². The molecule has 0 saturated heterocycles. The summed E-state index contributed by atoms with van der Waals surface area (Å²) in [5, 5.41) is 2.77. The molecule has 0 aromatic heterocycles. The summed E-state index contributed by atoms with van der Waals surface area (Å²) in [5.41, 5.74) is 12.0. The number of alkyl carbamates (subject to hydrolysis) is 1. The van der Waals surface area contributed by atoms with Crippen LogP contribution in [0.25, 0.3) is 0 Å². The number of hydrogen-bond donors (Lipinski definition) is 2. The van der Waals surface area contributed by atoms with E-state index in [2.05, 4.69) is 11.9 Å². The number of aryl methyl sites for hydroxylation is 2. The number of aliphatic imine (C=N–C) groups is 1. The summed E-state index contributed by atoms with van der Waals surface area (Å²) < 4.78 is 5.30. The highest BCUT2D eigenvalue weighted by Crippen LogP contribution is 2.27. The van der Waals surface area contributed by atoms with Gasteiger partial charge in [-0.15, -0.1) is 0 Å². The number of carbonyl (C=O) groups is 1. The number of nitrogens with zero attached hydrogens (tertiary/aromatic N) is 1. The highest BCUT2D eigenvalue weighted by molar-refractivity contribution is 6.13. The van der Waals surface area contributed by atoms with Crippen molar-refractivity contribution in [3.05, 3.63) is 58.8 Å². The topological polar surface area (TPSA) is 76.7 Å². The molecular weight excluding hydrogens is 326 g/mol. The number of allylic oxidation sites excluding steroid dienone is 4. The van der Waals surface area contributed by atoms with Gasteiger partial charge in [0.25, 0.3) is 0 Å². The third kappa shape index (κ3) is 4.85. The molecule has 26 heavy (non-hydrogen) atoms. The summed E-state index contributed by atoms with van der Waals surface area (Å²) in [6.45, 7) is 15.4. The second kappa shape index (κ2) is 7.20. The molecule has 0 fully saturated rings. The number of nitrogens with two attached hydrogens (primary N) is 1. The van der Waals surface area contributed by atoms with Crippen LogP contribution in [0.1, 0.15) is 38.8 Å². The maximum absolute atomic E-state index is 12.0. The average molecular weight is 353 g/mol. The molecule has 0 aliphatic heterocycles. The van der Waals surface area contributed by atoms with Crippen LogP contribution in [-0.2, 0) is 4.74 Å². The van der Waals surface area contributed by atoms with Crippen LogP contribution in [-0.4, -0.2) is 17.4 Å². The molecule has 0 unspecified atom stereocenters. The van der Waals surface area contributed by atoms with Crippen LogP contribution >= 0.6 is 0 Å².